The van der Waals surface area contributed by atoms with Gasteiger partial charge in [-0.1, -0.05) is 30.3 Å². The molecule has 5 heteroatoms. The molecule has 35 heavy (non-hydrogen) atoms. The molecule has 180 valence electrons. The molecule has 1 heterocycles. The van der Waals surface area contributed by atoms with Crippen LogP contribution in [0.5, 0.6) is 5.75 Å². The summed E-state index contributed by atoms with van der Waals surface area (Å²) in [6, 6.07) is 22.7. The predicted molar refractivity (Wildman–Crippen MR) is 140 cm³/mol. The molecule has 0 radical (unpaired) electrons. The van der Waals surface area contributed by atoms with Crippen molar-refractivity contribution in [1.29, 1.82) is 0 Å². The van der Waals surface area contributed by atoms with Crippen LogP contribution in [0.3, 0.4) is 0 Å². The maximum Gasteiger partial charge on any atom is 0.303 e. The number of aryl methyl sites for hydroxylation is 3. The standard InChI is InChI=1S/C30H31NO4/c1-4-34-14-15-35-26-16-20(2)30(21(3)17-26)25-7-5-6-23(19-25)28-12-10-24-18-22(9-13-29(32)33)8-11-27(24)31-28/h5-8,10-12,16-19H,4,9,13-15H2,1-3H3,(H,32,33). The zero-order valence-corrected chi connectivity index (χ0v) is 20.5. The zero-order valence-electron chi connectivity index (χ0n) is 20.5. The van der Waals surface area contributed by atoms with Crippen molar-refractivity contribution in [2.24, 2.45) is 0 Å². The van der Waals surface area contributed by atoms with E-state index in [1.165, 1.54) is 5.56 Å². The Morgan fingerprint density at radius 1 is 0.914 bits per heavy atom. The first kappa shape index (κ1) is 24.4. The Hall–Kier alpha value is -3.70. The van der Waals surface area contributed by atoms with E-state index in [1.54, 1.807) is 0 Å². The smallest absolute Gasteiger partial charge is 0.303 e. The van der Waals surface area contributed by atoms with Crippen LogP contribution in [0.2, 0.25) is 0 Å². The number of ether oxygens (including phenoxy) is 2. The number of pyridine rings is 1. The van der Waals surface area contributed by atoms with Gasteiger partial charge in [-0.25, -0.2) is 4.98 Å². The van der Waals surface area contributed by atoms with Gasteiger partial charge in [-0.2, -0.15) is 0 Å². The van der Waals surface area contributed by atoms with Gasteiger partial charge in [0.15, 0.2) is 0 Å². The van der Waals surface area contributed by atoms with Gasteiger partial charge in [0, 0.05) is 24.0 Å². The molecule has 0 unspecified atom stereocenters. The van der Waals surface area contributed by atoms with Crippen molar-refractivity contribution in [1.82, 2.24) is 4.98 Å². The maximum absolute atomic E-state index is 10.9. The minimum Gasteiger partial charge on any atom is -0.491 e. The van der Waals surface area contributed by atoms with Gasteiger partial charge in [-0.3, -0.25) is 4.79 Å². The average Bonchev–Trinajstić information content (AvgIpc) is 2.85. The molecular weight excluding hydrogens is 438 g/mol. The van der Waals surface area contributed by atoms with Crippen LogP contribution in [-0.2, 0) is 16.0 Å². The van der Waals surface area contributed by atoms with Crippen molar-refractivity contribution in [3.63, 3.8) is 0 Å². The third-order valence-corrected chi connectivity index (χ3v) is 6.03. The van der Waals surface area contributed by atoms with Gasteiger partial charge in [0.25, 0.3) is 0 Å². The molecule has 0 saturated carbocycles. The number of hydrogen-bond donors (Lipinski definition) is 1. The molecule has 0 aliphatic rings. The number of nitrogens with zero attached hydrogens (tertiary/aromatic N) is 1. The maximum atomic E-state index is 10.9. The third kappa shape index (κ3) is 6.06. The summed E-state index contributed by atoms with van der Waals surface area (Å²) in [5.41, 5.74) is 8.53. The zero-order chi connectivity index (χ0) is 24.8. The molecule has 1 N–H and O–H groups in total. The first-order chi connectivity index (χ1) is 16.9. The molecule has 0 atom stereocenters. The van der Waals surface area contributed by atoms with E-state index in [4.69, 9.17) is 19.6 Å². The molecule has 0 aliphatic carbocycles. The van der Waals surface area contributed by atoms with E-state index in [0.717, 1.165) is 50.2 Å². The fourth-order valence-corrected chi connectivity index (χ4v) is 4.40. The molecule has 0 fully saturated rings. The molecule has 0 aliphatic heterocycles. The fourth-order valence-electron chi connectivity index (χ4n) is 4.40. The minimum absolute atomic E-state index is 0.128. The molecule has 1 aromatic heterocycles. The van der Waals surface area contributed by atoms with Crippen LogP contribution in [0.25, 0.3) is 33.3 Å². The van der Waals surface area contributed by atoms with E-state index in [9.17, 15) is 4.79 Å². The Bertz CT molecular complexity index is 1320. The van der Waals surface area contributed by atoms with Gasteiger partial charge < -0.3 is 14.6 Å². The number of aromatic nitrogens is 1. The van der Waals surface area contributed by atoms with Gasteiger partial charge in [-0.15, -0.1) is 0 Å². The first-order valence-corrected chi connectivity index (χ1v) is 12.0. The average molecular weight is 470 g/mol. The van der Waals surface area contributed by atoms with Crippen molar-refractivity contribution < 1.29 is 19.4 Å². The second kappa shape index (κ2) is 11.2. The fraction of sp³-hybridized carbons (Fsp3) is 0.267. The van der Waals surface area contributed by atoms with Crippen LogP contribution >= 0.6 is 0 Å². The minimum atomic E-state index is -0.785. The molecule has 0 bridgehead atoms. The van der Waals surface area contributed by atoms with Gasteiger partial charge >= 0.3 is 5.97 Å². The summed E-state index contributed by atoms with van der Waals surface area (Å²) in [6.07, 6.45) is 0.646. The van der Waals surface area contributed by atoms with E-state index >= 15 is 0 Å². The summed E-state index contributed by atoms with van der Waals surface area (Å²) in [4.78, 5) is 15.7. The van der Waals surface area contributed by atoms with Crippen LogP contribution in [0.15, 0.2) is 66.7 Å². The highest BCUT2D eigenvalue weighted by molar-refractivity contribution is 5.83. The second-order valence-corrected chi connectivity index (χ2v) is 8.68. The van der Waals surface area contributed by atoms with E-state index in [-0.39, 0.29) is 6.42 Å². The summed E-state index contributed by atoms with van der Waals surface area (Å²) in [5.74, 6) is 0.0752. The normalized spacial score (nSPS) is 11.1. The largest absolute Gasteiger partial charge is 0.491 e. The van der Waals surface area contributed by atoms with Crippen molar-refractivity contribution in [2.75, 3.05) is 19.8 Å². The van der Waals surface area contributed by atoms with E-state index in [0.29, 0.717) is 26.2 Å². The highest BCUT2D eigenvalue weighted by Gasteiger charge is 2.11. The highest BCUT2D eigenvalue weighted by atomic mass is 16.5. The number of carboxylic acid groups (broad SMARTS) is 1. The van der Waals surface area contributed by atoms with Gasteiger partial charge in [0.1, 0.15) is 12.4 Å². The number of aliphatic carboxylic acids is 1. The van der Waals surface area contributed by atoms with E-state index in [1.807, 2.05) is 31.2 Å². The second-order valence-electron chi connectivity index (χ2n) is 8.68. The predicted octanol–water partition coefficient (Wildman–Crippen LogP) is 6.62. The summed E-state index contributed by atoms with van der Waals surface area (Å²) in [5, 5.41) is 9.95. The lowest BCUT2D eigenvalue weighted by molar-refractivity contribution is -0.136. The summed E-state index contributed by atoms with van der Waals surface area (Å²) >= 11 is 0. The number of benzene rings is 3. The summed E-state index contributed by atoms with van der Waals surface area (Å²) < 4.78 is 11.2. The Labute approximate surface area is 206 Å². The Morgan fingerprint density at radius 2 is 1.69 bits per heavy atom. The molecule has 4 aromatic rings. The summed E-state index contributed by atoms with van der Waals surface area (Å²) in [7, 11) is 0. The Balaban J connectivity index is 1.59. The van der Waals surface area contributed by atoms with E-state index in [2.05, 4.69) is 56.3 Å². The van der Waals surface area contributed by atoms with Crippen LogP contribution in [0.4, 0.5) is 0 Å². The van der Waals surface area contributed by atoms with Crippen LogP contribution in [0, 0.1) is 13.8 Å². The van der Waals surface area contributed by atoms with Crippen LogP contribution in [0.1, 0.15) is 30.0 Å². The molecule has 0 amide bonds. The number of carboxylic acids is 1. The lowest BCUT2D eigenvalue weighted by Crippen LogP contribution is -2.06. The Morgan fingerprint density at radius 3 is 2.43 bits per heavy atom. The van der Waals surface area contributed by atoms with Crippen molar-refractivity contribution in [2.45, 2.75) is 33.6 Å². The quantitative estimate of drug-likeness (QED) is 0.264. The molecule has 4 rings (SSSR count). The van der Waals surface area contributed by atoms with Gasteiger partial charge in [-0.05, 0) is 91.4 Å². The lowest BCUT2D eigenvalue weighted by Gasteiger charge is -2.15. The van der Waals surface area contributed by atoms with Gasteiger partial charge in [0.05, 0.1) is 17.8 Å². The monoisotopic (exact) mass is 469 g/mol. The van der Waals surface area contributed by atoms with Gasteiger partial charge in [0.2, 0.25) is 0 Å². The highest BCUT2D eigenvalue weighted by Crippen LogP contribution is 2.33. The number of rotatable bonds is 10. The number of carbonyl (C=O) groups is 1. The Kier molecular flexibility index (Phi) is 7.78. The number of fused-ring (bicyclic) bond motifs is 1. The SMILES string of the molecule is CCOCCOc1cc(C)c(-c2cccc(-c3ccc4cc(CCC(=O)O)ccc4n3)c2)c(C)c1. The number of hydrogen-bond acceptors (Lipinski definition) is 4. The van der Waals surface area contributed by atoms with E-state index < -0.39 is 5.97 Å². The summed E-state index contributed by atoms with van der Waals surface area (Å²) in [6.45, 7) is 8.01. The van der Waals surface area contributed by atoms with Crippen molar-refractivity contribution in [3.8, 4) is 28.1 Å². The lowest BCUT2D eigenvalue weighted by atomic mass is 9.93. The third-order valence-electron chi connectivity index (χ3n) is 6.03. The van der Waals surface area contributed by atoms with Crippen molar-refractivity contribution in [3.05, 3.63) is 83.4 Å². The molecule has 0 spiro atoms. The molecule has 0 saturated heterocycles. The van der Waals surface area contributed by atoms with Crippen LogP contribution < -0.4 is 4.74 Å². The molecule has 5 nitrogen and oxygen atoms in total. The first-order valence-electron chi connectivity index (χ1n) is 12.0. The van der Waals surface area contributed by atoms with Crippen LogP contribution in [-0.4, -0.2) is 35.9 Å². The topological polar surface area (TPSA) is 68.7 Å². The molecular formula is C30H31NO4. The van der Waals surface area contributed by atoms with Crippen molar-refractivity contribution >= 4 is 16.9 Å². The molecule has 3 aromatic carbocycles.